The number of esters is 1. The molecule has 1 aromatic rings. The summed E-state index contributed by atoms with van der Waals surface area (Å²) in [6, 6.07) is 2.21. The minimum atomic E-state index is -1.31. The summed E-state index contributed by atoms with van der Waals surface area (Å²) in [5, 5.41) is 2.65. The molecule has 3 rings (SSSR count). The number of hydrogen-bond donors (Lipinski definition) is 1. The van der Waals surface area contributed by atoms with Crippen molar-refractivity contribution >= 4 is 33.8 Å². The quantitative estimate of drug-likeness (QED) is 0.598. The van der Waals surface area contributed by atoms with E-state index in [0.29, 0.717) is 22.9 Å². The van der Waals surface area contributed by atoms with Gasteiger partial charge in [0.1, 0.15) is 23.5 Å². The van der Waals surface area contributed by atoms with Crippen molar-refractivity contribution < 1.29 is 23.5 Å². The van der Waals surface area contributed by atoms with E-state index in [-0.39, 0.29) is 0 Å². The Labute approximate surface area is 152 Å². The molecule has 3 amide bonds. The molecule has 1 aromatic carbocycles. The Hall–Kier alpha value is -1.96. The van der Waals surface area contributed by atoms with Crippen molar-refractivity contribution in [3.63, 3.8) is 0 Å². The first-order valence-electron chi connectivity index (χ1n) is 7.88. The zero-order valence-electron chi connectivity index (χ0n) is 14.1. The summed E-state index contributed by atoms with van der Waals surface area (Å²) in [6.07, 6.45) is 0.855. The highest BCUT2D eigenvalue weighted by Crippen LogP contribution is 2.43. The molecule has 25 heavy (non-hydrogen) atoms. The Balaban J connectivity index is 1.88. The lowest BCUT2D eigenvalue weighted by molar-refractivity contribution is -0.157. The van der Waals surface area contributed by atoms with Crippen molar-refractivity contribution in [2.45, 2.75) is 44.8 Å². The third-order valence-electron chi connectivity index (χ3n) is 4.26. The fourth-order valence-electron chi connectivity index (χ4n) is 3.27. The molecule has 2 aliphatic rings. The fourth-order valence-corrected chi connectivity index (χ4v) is 3.66. The molecule has 1 heterocycles. The molecule has 1 spiro atoms. The SMILES string of the molecule is CC(C)(C)OC(=O)CN1C(=O)NC2(CCc3cc(Br)c(F)cc32)C1=O. The number of urea groups is 1. The summed E-state index contributed by atoms with van der Waals surface area (Å²) in [7, 11) is 0. The van der Waals surface area contributed by atoms with Crippen LogP contribution in [0.3, 0.4) is 0 Å². The van der Waals surface area contributed by atoms with Gasteiger partial charge >= 0.3 is 12.0 Å². The number of fused-ring (bicyclic) bond motifs is 2. The van der Waals surface area contributed by atoms with Gasteiger partial charge in [-0.15, -0.1) is 0 Å². The maximum absolute atomic E-state index is 14.0. The number of benzene rings is 1. The summed E-state index contributed by atoms with van der Waals surface area (Å²) in [6.45, 7) is 4.63. The van der Waals surface area contributed by atoms with Gasteiger partial charge in [-0.05, 0) is 72.8 Å². The third kappa shape index (κ3) is 3.03. The standard InChI is InChI=1S/C17H18BrFN2O4/c1-16(2,3)25-13(22)8-21-14(23)17(20-15(21)24)5-4-9-6-11(18)12(19)7-10(9)17/h6-7H,4-5,8H2,1-3H3,(H,20,24). The van der Waals surface area contributed by atoms with Gasteiger partial charge in [0.2, 0.25) is 0 Å². The van der Waals surface area contributed by atoms with Crippen molar-refractivity contribution in [2.24, 2.45) is 0 Å². The number of imide groups is 1. The van der Waals surface area contributed by atoms with E-state index in [1.165, 1.54) is 6.07 Å². The highest BCUT2D eigenvalue weighted by Gasteiger charge is 2.56. The number of nitrogens with one attached hydrogen (secondary N) is 1. The number of rotatable bonds is 2. The topological polar surface area (TPSA) is 75.7 Å². The van der Waals surface area contributed by atoms with Gasteiger partial charge in [0.05, 0.1) is 4.47 Å². The molecular formula is C17H18BrFN2O4. The first kappa shape index (κ1) is 17.8. The molecule has 1 saturated heterocycles. The lowest BCUT2D eigenvalue weighted by Gasteiger charge is -2.23. The summed E-state index contributed by atoms with van der Waals surface area (Å²) >= 11 is 3.13. The van der Waals surface area contributed by atoms with E-state index in [4.69, 9.17) is 4.74 Å². The Morgan fingerprint density at radius 3 is 2.72 bits per heavy atom. The van der Waals surface area contributed by atoms with Crippen molar-refractivity contribution in [1.82, 2.24) is 10.2 Å². The number of ether oxygens (including phenoxy) is 1. The van der Waals surface area contributed by atoms with Gasteiger partial charge in [-0.1, -0.05) is 0 Å². The molecule has 0 aromatic heterocycles. The molecule has 1 atom stereocenters. The zero-order valence-corrected chi connectivity index (χ0v) is 15.7. The summed E-state index contributed by atoms with van der Waals surface area (Å²) in [5.41, 5.74) is -0.793. The van der Waals surface area contributed by atoms with Crippen LogP contribution >= 0.6 is 15.9 Å². The van der Waals surface area contributed by atoms with Crippen LogP contribution < -0.4 is 5.32 Å². The van der Waals surface area contributed by atoms with E-state index < -0.39 is 41.4 Å². The van der Waals surface area contributed by atoms with Gasteiger partial charge in [0.25, 0.3) is 5.91 Å². The van der Waals surface area contributed by atoms with Crippen LogP contribution in [-0.4, -0.2) is 35.0 Å². The van der Waals surface area contributed by atoms with Crippen LogP contribution in [0.5, 0.6) is 0 Å². The monoisotopic (exact) mass is 412 g/mol. The maximum Gasteiger partial charge on any atom is 0.326 e. The number of nitrogens with zero attached hydrogens (tertiary/aromatic N) is 1. The second-order valence-electron chi connectivity index (χ2n) is 7.24. The van der Waals surface area contributed by atoms with E-state index in [2.05, 4.69) is 21.2 Å². The molecule has 134 valence electrons. The lowest BCUT2D eigenvalue weighted by Crippen LogP contribution is -2.43. The van der Waals surface area contributed by atoms with E-state index in [9.17, 15) is 18.8 Å². The Morgan fingerprint density at radius 1 is 1.40 bits per heavy atom. The Morgan fingerprint density at radius 2 is 2.08 bits per heavy atom. The summed E-state index contributed by atoms with van der Waals surface area (Å²) in [4.78, 5) is 38.0. The molecule has 1 N–H and O–H groups in total. The lowest BCUT2D eigenvalue weighted by atomic mass is 9.91. The normalized spacial score (nSPS) is 22.4. The maximum atomic E-state index is 14.0. The van der Waals surface area contributed by atoms with Crippen LogP contribution in [0.25, 0.3) is 0 Å². The van der Waals surface area contributed by atoms with Crippen LogP contribution in [0.2, 0.25) is 0 Å². The van der Waals surface area contributed by atoms with Crippen molar-refractivity contribution in [3.8, 4) is 0 Å². The zero-order chi connectivity index (χ0) is 18.6. The van der Waals surface area contributed by atoms with E-state index in [1.54, 1.807) is 26.8 Å². The van der Waals surface area contributed by atoms with Crippen LogP contribution in [-0.2, 0) is 26.3 Å². The molecule has 0 bridgehead atoms. The first-order chi connectivity index (χ1) is 11.5. The van der Waals surface area contributed by atoms with Crippen molar-refractivity contribution in [2.75, 3.05) is 6.54 Å². The number of aryl methyl sites for hydroxylation is 1. The van der Waals surface area contributed by atoms with Crippen molar-refractivity contribution in [1.29, 1.82) is 0 Å². The smallest absolute Gasteiger partial charge is 0.326 e. The molecule has 8 heteroatoms. The second kappa shape index (κ2) is 5.79. The van der Waals surface area contributed by atoms with Gasteiger partial charge < -0.3 is 10.1 Å². The van der Waals surface area contributed by atoms with Gasteiger partial charge in [0, 0.05) is 0 Å². The predicted octanol–water partition coefficient (Wildman–Crippen LogP) is 2.62. The molecule has 0 radical (unpaired) electrons. The number of carbonyl (C=O) groups is 3. The third-order valence-corrected chi connectivity index (χ3v) is 4.87. The van der Waals surface area contributed by atoms with Crippen LogP contribution in [0, 0.1) is 5.82 Å². The average molecular weight is 413 g/mol. The van der Waals surface area contributed by atoms with Crippen LogP contribution in [0.15, 0.2) is 16.6 Å². The van der Waals surface area contributed by atoms with Gasteiger partial charge in [0.15, 0.2) is 0 Å². The molecule has 1 aliphatic carbocycles. The highest BCUT2D eigenvalue weighted by molar-refractivity contribution is 9.10. The van der Waals surface area contributed by atoms with Gasteiger partial charge in [-0.2, -0.15) is 0 Å². The molecule has 6 nitrogen and oxygen atoms in total. The number of amides is 3. The van der Waals surface area contributed by atoms with Crippen molar-refractivity contribution in [3.05, 3.63) is 33.5 Å². The number of carbonyl (C=O) groups excluding carboxylic acids is 3. The second-order valence-corrected chi connectivity index (χ2v) is 8.09. The minimum Gasteiger partial charge on any atom is -0.459 e. The van der Waals surface area contributed by atoms with Crippen LogP contribution in [0.4, 0.5) is 9.18 Å². The molecule has 0 saturated carbocycles. The fraction of sp³-hybridized carbons (Fsp3) is 0.471. The highest BCUT2D eigenvalue weighted by atomic mass is 79.9. The summed E-state index contributed by atoms with van der Waals surface area (Å²) in [5.74, 6) is -1.73. The average Bonchev–Trinajstić information content (AvgIpc) is 2.92. The number of halogens is 2. The molecule has 1 fully saturated rings. The van der Waals surface area contributed by atoms with Gasteiger partial charge in [-0.3, -0.25) is 14.5 Å². The van der Waals surface area contributed by atoms with E-state index in [1.807, 2.05) is 0 Å². The largest absolute Gasteiger partial charge is 0.459 e. The number of hydrogen-bond acceptors (Lipinski definition) is 4. The molecule has 1 unspecified atom stereocenters. The van der Waals surface area contributed by atoms with E-state index in [0.717, 1.165) is 10.5 Å². The predicted molar refractivity (Wildman–Crippen MR) is 90.2 cm³/mol. The molecular weight excluding hydrogens is 395 g/mol. The Bertz CT molecular complexity index is 790. The molecule has 1 aliphatic heterocycles. The van der Waals surface area contributed by atoms with Crippen LogP contribution in [0.1, 0.15) is 38.3 Å². The summed E-state index contributed by atoms with van der Waals surface area (Å²) < 4.78 is 19.5. The Kier molecular flexibility index (Phi) is 4.14. The first-order valence-corrected chi connectivity index (χ1v) is 8.67. The minimum absolute atomic E-state index is 0.311. The van der Waals surface area contributed by atoms with Gasteiger partial charge in [-0.25, -0.2) is 9.18 Å². The van der Waals surface area contributed by atoms with E-state index >= 15 is 0 Å².